The molecule has 0 bridgehead atoms. The van der Waals surface area contributed by atoms with Gasteiger partial charge in [-0.2, -0.15) is 0 Å². The van der Waals surface area contributed by atoms with Crippen LogP contribution in [-0.2, 0) is 6.54 Å². The predicted molar refractivity (Wildman–Crippen MR) is 73.1 cm³/mol. The minimum absolute atomic E-state index is 0.418. The fourth-order valence-corrected chi connectivity index (χ4v) is 1.87. The van der Waals surface area contributed by atoms with E-state index in [0.717, 1.165) is 23.5 Å². The highest BCUT2D eigenvalue weighted by atomic mass is 35.5. The molecule has 1 heterocycles. The first kappa shape index (κ1) is 13.1. The van der Waals surface area contributed by atoms with Gasteiger partial charge < -0.3 is 5.32 Å². The lowest BCUT2D eigenvalue weighted by atomic mass is 10.2. The molecule has 5 heteroatoms. The lowest BCUT2D eigenvalue weighted by Gasteiger charge is -2.11. The molecular weight excluding hydrogens is 248 g/mol. The molecule has 96 valence electrons. The van der Waals surface area contributed by atoms with Crippen LogP contribution in [0.1, 0.15) is 25.1 Å². The van der Waals surface area contributed by atoms with Crippen molar-refractivity contribution in [2.24, 2.45) is 0 Å². The van der Waals surface area contributed by atoms with Crippen molar-refractivity contribution < 1.29 is 0 Å². The molecule has 0 aliphatic carbocycles. The Morgan fingerprint density at radius 3 is 2.89 bits per heavy atom. The largest absolute Gasteiger partial charge is 0.309 e. The SMILES string of the molecule is Cc1ccc(Cl)c(-n2nncc2CNC(C)C)c1. The summed E-state index contributed by atoms with van der Waals surface area (Å²) in [5.41, 5.74) is 3.01. The topological polar surface area (TPSA) is 42.7 Å². The lowest BCUT2D eigenvalue weighted by Crippen LogP contribution is -2.23. The summed E-state index contributed by atoms with van der Waals surface area (Å²) in [6.45, 7) is 6.96. The monoisotopic (exact) mass is 264 g/mol. The van der Waals surface area contributed by atoms with Crippen molar-refractivity contribution in [2.75, 3.05) is 0 Å². The van der Waals surface area contributed by atoms with Crippen LogP contribution in [0.2, 0.25) is 5.02 Å². The van der Waals surface area contributed by atoms with Crippen LogP contribution < -0.4 is 5.32 Å². The van der Waals surface area contributed by atoms with E-state index in [0.29, 0.717) is 11.1 Å². The second-order valence-electron chi connectivity index (χ2n) is 4.63. The van der Waals surface area contributed by atoms with Crippen molar-refractivity contribution in [1.29, 1.82) is 0 Å². The Morgan fingerprint density at radius 1 is 1.39 bits per heavy atom. The van der Waals surface area contributed by atoms with Crippen molar-refractivity contribution in [3.8, 4) is 5.69 Å². The molecule has 0 unspecified atom stereocenters. The molecular formula is C13H17ClN4. The quantitative estimate of drug-likeness (QED) is 0.923. The second kappa shape index (κ2) is 5.50. The van der Waals surface area contributed by atoms with Crippen molar-refractivity contribution in [3.63, 3.8) is 0 Å². The van der Waals surface area contributed by atoms with Crippen molar-refractivity contribution >= 4 is 11.6 Å². The van der Waals surface area contributed by atoms with Gasteiger partial charge in [-0.1, -0.05) is 36.7 Å². The van der Waals surface area contributed by atoms with Gasteiger partial charge in [-0.15, -0.1) is 5.10 Å². The molecule has 0 amide bonds. The number of aromatic nitrogens is 3. The molecule has 0 spiro atoms. The summed E-state index contributed by atoms with van der Waals surface area (Å²) in [4.78, 5) is 0. The van der Waals surface area contributed by atoms with Crippen molar-refractivity contribution in [3.05, 3.63) is 40.7 Å². The Kier molecular flexibility index (Phi) is 3.99. The van der Waals surface area contributed by atoms with E-state index in [1.54, 1.807) is 10.9 Å². The van der Waals surface area contributed by atoms with Gasteiger partial charge in [0, 0.05) is 12.6 Å². The third kappa shape index (κ3) is 2.89. The summed E-state index contributed by atoms with van der Waals surface area (Å²) < 4.78 is 1.78. The molecule has 2 aromatic rings. The molecule has 2 rings (SSSR count). The summed E-state index contributed by atoms with van der Waals surface area (Å²) in [6, 6.07) is 6.29. The van der Waals surface area contributed by atoms with Gasteiger partial charge in [0.2, 0.25) is 0 Å². The molecule has 1 aromatic heterocycles. The van der Waals surface area contributed by atoms with Crippen molar-refractivity contribution in [1.82, 2.24) is 20.3 Å². The van der Waals surface area contributed by atoms with Crippen LogP contribution in [0.15, 0.2) is 24.4 Å². The van der Waals surface area contributed by atoms with Crippen LogP contribution >= 0.6 is 11.6 Å². The molecule has 0 fully saturated rings. The molecule has 0 saturated heterocycles. The summed E-state index contributed by atoms with van der Waals surface area (Å²) in [6.07, 6.45) is 1.76. The normalized spacial score (nSPS) is 11.2. The van der Waals surface area contributed by atoms with Crippen molar-refractivity contribution in [2.45, 2.75) is 33.4 Å². The molecule has 0 atom stereocenters. The van der Waals surface area contributed by atoms with E-state index in [2.05, 4.69) is 29.5 Å². The first-order valence-electron chi connectivity index (χ1n) is 5.97. The van der Waals surface area contributed by atoms with E-state index < -0.39 is 0 Å². The Labute approximate surface area is 112 Å². The van der Waals surface area contributed by atoms with Crippen LogP contribution in [0.4, 0.5) is 0 Å². The molecule has 0 aliphatic heterocycles. The molecule has 1 N–H and O–H groups in total. The number of nitrogens with one attached hydrogen (secondary N) is 1. The maximum atomic E-state index is 6.21. The van der Waals surface area contributed by atoms with E-state index in [9.17, 15) is 0 Å². The van der Waals surface area contributed by atoms with Crippen LogP contribution in [0, 0.1) is 6.92 Å². The maximum absolute atomic E-state index is 6.21. The fourth-order valence-electron chi connectivity index (χ4n) is 1.67. The molecule has 0 aliphatic rings. The first-order chi connectivity index (χ1) is 8.58. The Balaban J connectivity index is 2.33. The number of halogens is 1. The number of hydrogen-bond donors (Lipinski definition) is 1. The van der Waals surface area contributed by atoms with Gasteiger partial charge in [0.05, 0.1) is 22.6 Å². The van der Waals surface area contributed by atoms with E-state index in [1.165, 1.54) is 0 Å². The predicted octanol–water partition coefficient (Wildman–Crippen LogP) is 2.73. The van der Waals surface area contributed by atoms with Crippen LogP contribution in [0.5, 0.6) is 0 Å². The fraction of sp³-hybridized carbons (Fsp3) is 0.385. The first-order valence-corrected chi connectivity index (χ1v) is 6.35. The summed E-state index contributed by atoms with van der Waals surface area (Å²) in [5, 5.41) is 12.1. The highest BCUT2D eigenvalue weighted by molar-refractivity contribution is 6.32. The number of nitrogens with zero attached hydrogens (tertiary/aromatic N) is 3. The number of aryl methyl sites for hydroxylation is 1. The lowest BCUT2D eigenvalue weighted by molar-refractivity contribution is 0.570. The van der Waals surface area contributed by atoms with Gasteiger partial charge in [-0.3, -0.25) is 0 Å². The third-order valence-electron chi connectivity index (χ3n) is 2.64. The number of rotatable bonds is 4. The van der Waals surface area contributed by atoms with E-state index in [1.807, 2.05) is 25.1 Å². The zero-order valence-corrected chi connectivity index (χ0v) is 11.6. The van der Waals surface area contributed by atoms with Gasteiger partial charge >= 0.3 is 0 Å². The van der Waals surface area contributed by atoms with Gasteiger partial charge in [-0.05, 0) is 24.6 Å². The zero-order valence-electron chi connectivity index (χ0n) is 10.8. The number of benzene rings is 1. The molecule has 4 nitrogen and oxygen atoms in total. The average Bonchev–Trinajstić information content (AvgIpc) is 2.77. The standard InChI is InChI=1S/C13H17ClN4/c1-9(2)15-7-11-8-16-17-18(11)13-6-10(3)4-5-12(13)14/h4-6,8-9,15H,7H2,1-3H3. The summed E-state index contributed by atoms with van der Waals surface area (Å²) >= 11 is 6.21. The van der Waals surface area contributed by atoms with Gasteiger partial charge in [0.1, 0.15) is 0 Å². The average molecular weight is 265 g/mol. The second-order valence-corrected chi connectivity index (χ2v) is 5.03. The van der Waals surface area contributed by atoms with Gasteiger partial charge in [0.15, 0.2) is 0 Å². The summed E-state index contributed by atoms with van der Waals surface area (Å²) in [7, 11) is 0. The van der Waals surface area contributed by atoms with Crippen LogP contribution in [-0.4, -0.2) is 21.0 Å². The minimum atomic E-state index is 0.418. The van der Waals surface area contributed by atoms with E-state index in [-0.39, 0.29) is 0 Å². The highest BCUT2D eigenvalue weighted by Crippen LogP contribution is 2.22. The van der Waals surface area contributed by atoms with Crippen LogP contribution in [0.25, 0.3) is 5.69 Å². The zero-order chi connectivity index (χ0) is 13.1. The molecule has 1 aromatic carbocycles. The van der Waals surface area contributed by atoms with E-state index in [4.69, 9.17) is 11.6 Å². The Bertz CT molecular complexity index is 534. The van der Waals surface area contributed by atoms with Gasteiger partial charge in [0.25, 0.3) is 0 Å². The van der Waals surface area contributed by atoms with Crippen LogP contribution in [0.3, 0.4) is 0 Å². The third-order valence-corrected chi connectivity index (χ3v) is 2.96. The summed E-state index contributed by atoms with van der Waals surface area (Å²) in [5.74, 6) is 0. The Hall–Kier alpha value is -1.39. The smallest absolute Gasteiger partial charge is 0.0856 e. The van der Waals surface area contributed by atoms with Gasteiger partial charge in [-0.25, -0.2) is 4.68 Å². The minimum Gasteiger partial charge on any atom is -0.309 e. The number of hydrogen-bond acceptors (Lipinski definition) is 3. The Morgan fingerprint density at radius 2 is 2.17 bits per heavy atom. The molecule has 0 saturated carbocycles. The molecule has 18 heavy (non-hydrogen) atoms. The molecule has 0 radical (unpaired) electrons. The van der Waals surface area contributed by atoms with E-state index >= 15 is 0 Å². The highest BCUT2D eigenvalue weighted by Gasteiger charge is 2.10. The maximum Gasteiger partial charge on any atom is 0.0856 e.